The van der Waals surface area contributed by atoms with E-state index in [-0.39, 0.29) is 11.8 Å². The van der Waals surface area contributed by atoms with Crippen LogP contribution in [0.25, 0.3) is 0 Å². The van der Waals surface area contributed by atoms with E-state index in [4.69, 9.17) is 9.41 Å². The minimum atomic E-state index is -0.384. The molecule has 2 heterocycles. The fraction of sp³-hybridized carbons (Fsp3) is 0.222. The predicted octanol–water partition coefficient (Wildman–Crippen LogP) is 4.42. The Kier molecular flexibility index (Phi) is 4.39. The van der Waals surface area contributed by atoms with Gasteiger partial charge in [-0.25, -0.2) is 4.99 Å². The van der Waals surface area contributed by atoms with Gasteiger partial charge in [-0.3, -0.25) is 9.69 Å². The highest BCUT2D eigenvalue weighted by atomic mass is 32.2. The number of allylic oxidation sites excluding steroid dienone is 1. The first-order valence-electron chi connectivity index (χ1n) is 7.35. The van der Waals surface area contributed by atoms with Gasteiger partial charge in [-0.15, -0.1) is 0 Å². The minimum Gasteiger partial charge on any atom is -0.467 e. The van der Waals surface area contributed by atoms with Crippen molar-refractivity contribution in [3.05, 3.63) is 65.8 Å². The molecule has 0 bridgehead atoms. The summed E-state index contributed by atoms with van der Waals surface area (Å²) in [5, 5.41) is 0.847. The fourth-order valence-corrected chi connectivity index (χ4v) is 3.46. The van der Waals surface area contributed by atoms with Crippen LogP contribution in [-0.4, -0.2) is 17.2 Å². The molecular weight excluding hydrogens is 308 g/mol. The maximum atomic E-state index is 12.3. The highest BCUT2D eigenvalue weighted by Crippen LogP contribution is 2.38. The van der Waals surface area contributed by atoms with E-state index in [1.165, 1.54) is 0 Å². The minimum absolute atomic E-state index is 0.00809. The van der Waals surface area contributed by atoms with E-state index in [0.29, 0.717) is 11.3 Å². The Labute approximate surface area is 139 Å². The van der Waals surface area contributed by atoms with Crippen LogP contribution in [0, 0.1) is 0 Å². The van der Waals surface area contributed by atoms with Gasteiger partial charge in [0.05, 0.1) is 6.26 Å². The lowest BCUT2D eigenvalue weighted by atomic mass is 9.97. The van der Waals surface area contributed by atoms with Crippen molar-refractivity contribution in [1.29, 1.82) is 0 Å². The maximum absolute atomic E-state index is 12.3. The number of carbonyl (C=O) groups excluding carboxylic acids is 1. The number of anilines is 1. The van der Waals surface area contributed by atoms with Gasteiger partial charge in [-0.05, 0) is 44.4 Å². The molecule has 0 saturated carbocycles. The summed E-state index contributed by atoms with van der Waals surface area (Å²) in [7, 11) is 0. The molecule has 0 spiro atoms. The summed E-state index contributed by atoms with van der Waals surface area (Å²) in [5.41, 5.74) is 2.56. The smallest absolute Gasteiger partial charge is 0.168 e. The van der Waals surface area contributed by atoms with Gasteiger partial charge in [0.25, 0.3) is 0 Å². The Morgan fingerprint density at radius 1 is 1.22 bits per heavy atom. The molecule has 0 N–H and O–H groups in total. The quantitative estimate of drug-likeness (QED) is 0.837. The first-order chi connectivity index (χ1) is 11.1. The molecule has 0 fully saturated rings. The number of hydrogen-bond donors (Lipinski definition) is 0. The fourth-order valence-electron chi connectivity index (χ4n) is 2.82. The summed E-state index contributed by atoms with van der Waals surface area (Å²) in [6.45, 7) is 3.54. The standard InChI is InChI=1S/C18H18N2O2S/c1-12-16(13(2)21)17(15-10-7-11-22-15)19-18(23-3)20(12)14-8-5-4-6-9-14/h4-11,17H,1-3H3/t17-/m1/s1. The van der Waals surface area contributed by atoms with Gasteiger partial charge in [0.1, 0.15) is 11.8 Å². The largest absolute Gasteiger partial charge is 0.467 e. The molecule has 0 saturated heterocycles. The van der Waals surface area contributed by atoms with E-state index in [0.717, 1.165) is 16.6 Å². The van der Waals surface area contributed by atoms with E-state index in [1.54, 1.807) is 24.9 Å². The molecule has 1 atom stereocenters. The van der Waals surface area contributed by atoms with Crippen LogP contribution in [0.3, 0.4) is 0 Å². The lowest BCUT2D eigenvalue weighted by molar-refractivity contribution is -0.114. The summed E-state index contributed by atoms with van der Waals surface area (Å²) < 4.78 is 5.51. The molecule has 1 aromatic carbocycles. The van der Waals surface area contributed by atoms with Gasteiger partial charge in [-0.2, -0.15) is 0 Å². The van der Waals surface area contributed by atoms with E-state index in [2.05, 4.69) is 0 Å². The van der Waals surface area contributed by atoms with Crippen LogP contribution in [0.4, 0.5) is 5.69 Å². The lowest BCUT2D eigenvalue weighted by Gasteiger charge is -2.33. The van der Waals surface area contributed by atoms with Crippen molar-refractivity contribution in [2.24, 2.45) is 4.99 Å². The molecular formula is C18H18N2O2S. The molecule has 0 aliphatic carbocycles. The third-order valence-electron chi connectivity index (χ3n) is 3.82. The molecule has 118 valence electrons. The number of Topliss-reactive ketones (excluding diaryl/α,β-unsaturated/α-hetero) is 1. The SMILES string of the molecule is CSC1=N[C@H](c2ccco2)C(C(C)=O)=C(C)N1c1ccccc1. The van der Waals surface area contributed by atoms with E-state index >= 15 is 0 Å². The van der Waals surface area contributed by atoms with Gasteiger partial charge in [0.15, 0.2) is 11.0 Å². The summed E-state index contributed by atoms with van der Waals surface area (Å²) in [4.78, 5) is 19.1. The molecule has 1 aliphatic heterocycles. The van der Waals surface area contributed by atoms with Crippen molar-refractivity contribution in [3.63, 3.8) is 0 Å². The highest BCUT2D eigenvalue weighted by molar-refractivity contribution is 8.13. The second-order valence-electron chi connectivity index (χ2n) is 5.26. The first-order valence-corrected chi connectivity index (χ1v) is 8.58. The van der Waals surface area contributed by atoms with E-state index in [1.807, 2.05) is 60.5 Å². The molecule has 4 nitrogen and oxygen atoms in total. The van der Waals surface area contributed by atoms with Crippen molar-refractivity contribution >= 4 is 28.4 Å². The van der Waals surface area contributed by atoms with Gasteiger partial charge >= 0.3 is 0 Å². The average molecular weight is 326 g/mol. The third-order valence-corrected chi connectivity index (χ3v) is 4.47. The summed E-state index contributed by atoms with van der Waals surface area (Å²) in [5.74, 6) is 0.697. The topological polar surface area (TPSA) is 45.8 Å². The Morgan fingerprint density at radius 2 is 1.96 bits per heavy atom. The Hall–Kier alpha value is -2.27. The molecule has 1 aliphatic rings. The number of benzene rings is 1. The second kappa shape index (κ2) is 6.46. The number of furan rings is 1. The van der Waals surface area contributed by atoms with E-state index in [9.17, 15) is 4.79 Å². The van der Waals surface area contributed by atoms with E-state index < -0.39 is 0 Å². The van der Waals surface area contributed by atoms with Gasteiger partial charge in [0, 0.05) is 17.0 Å². The van der Waals surface area contributed by atoms with Crippen molar-refractivity contribution in [2.45, 2.75) is 19.9 Å². The van der Waals surface area contributed by atoms with Crippen molar-refractivity contribution in [1.82, 2.24) is 0 Å². The summed E-state index contributed by atoms with van der Waals surface area (Å²) in [6.07, 6.45) is 3.60. The molecule has 2 aromatic rings. The van der Waals surface area contributed by atoms with Crippen LogP contribution < -0.4 is 4.90 Å². The van der Waals surface area contributed by atoms with Crippen molar-refractivity contribution in [2.75, 3.05) is 11.2 Å². The summed E-state index contributed by atoms with van der Waals surface area (Å²) >= 11 is 1.56. The zero-order chi connectivity index (χ0) is 16.4. The second-order valence-corrected chi connectivity index (χ2v) is 6.03. The van der Waals surface area contributed by atoms with Crippen LogP contribution in [0.1, 0.15) is 25.6 Å². The lowest BCUT2D eigenvalue weighted by Crippen LogP contribution is -2.34. The van der Waals surface area contributed by atoms with Crippen LogP contribution in [0.5, 0.6) is 0 Å². The van der Waals surface area contributed by atoms with Gasteiger partial charge < -0.3 is 4.42 Å². The Morgan fingerprint density at radius 3 is 2.52 bits per heavy atom. The molecule has 5 heteroatoms. The maximum Gasteiger partial charge on any atom is 0.168 e. The van der Waals surface area contributed by atoms with Crippen LogP contribution >= 0.6 is 11.8 Å². The predicted molar refractivity (Wildman–Crippen MR) is 94.7 cm³/mol. The normalized spacial score (nSPS) is 18.1. The van der Waals surface area contributed by atoms with Crippen LogP contribution in [-0.2, 0) is 4.79 Å². The monoisotopic (exact) mass is 326 g/mol. The first kappa shape index (κ1) is 15.6. The van der Waals surface area contributed by atoms with Gasteiger partial charge in [-0.1, -0.05) is 30.0 Å². The number of carbonyl (C=O) groups is 1. The average Bonchev–Trinajstić information content (AvgIpc) is 3.08. The number of amidine groups is 1. The Bertz CT molecular complexity index is 764. The number of nitrogens with zero attached hydrogens (tertiary/aromatic N) is 2. The van der Waals surface area contributed by atoms with Crippen molar-refractivity contribution < 1.29 is 9.21 Å². The number of ketones is 1. The zero-order valence-electron chi connectivity index (χ0n) is 13.3. The van der Waals surface area contributed by atoms with Crippen LogP contribution in [0.15, 0.2) is 69.4 Å². The number of rotatable bonds is 3. The number of aliphatic imine (C=N–C) groups is 1. The molecule has 3 rings (SSSR count). The Balaban J connectivity index is 2.16. The van der Waals surface area contributed by atoms with Crippen LogP contribution in [0.2, 0.25) is 0 Å². The van der Waals surface area contributed by atoms with Gasteiger partial charge in [0.2, 0.25) is 0 Å². The number of para-hydroxylation sites is 1. The summed E-state index contributed by atoms with van der Waals surface area (Å²) in [6, 6.07) is 13.3. The molecule has 0 amide bonds. The van der Waals surface area contributed by atoms with Crippen molar-refractivity contribution in [3.8, 4) is 0 Å². The molecule has 23 heavy (non-hydrogen) atoms. The molecule has 0 radical (unpaired) electrons. The molecule has 1 aromatic heterocycles. The molecule has 0 unspecified atom stereocenters. The number of hydrogen-bond acceptors (Lipinski definition) is 5. The number of thioether (sulfide) groups is 1. The highest BCUT2D eigenvalue weighted by Gasteiger charge is 2.33. The zero-order valence-corrected chi connectivity index (χ0v) is 14.1. The third kappa shape index (κ3) is 2.84.